The molecule has 0 saturated carbocycles. The van der Waals surface area contributed by atoms with Crippen molar-refractivity contribution in [2.75, 3.05) is 7.05 Å². The van der Waals surface area contributed by atoms with Crippen LogP contribution < -0.4 is 5.32 Å². The number of hydrogen-bond donors (Lipinski definition) is 1. The van der Waals surface area contributed by atoms with Gasteiger partial charge in [-0.05, 0) is 50.8 Å². The molecule has 1 atom stereocenters. The first-order chi connectivity index (χ1) is 9.81. The molecule has 0 saturated heterocycles. The molecule has 0 aliphatic heterocycles. The lowest BCUT2D eigenvalue weighted by Gasteiger charge is -2.07. The van der Waals surface area contributed by atoms with Crippen LogP contribution in [0.25, 0.3) is 9.88 Å². The Hall–Kier alpha value is -0.780. The zero-order chi connectivity index (χ0) is 13.9. The lowest BCUT2D eigenvalue weighted by Crippen LogP contribution is -2.14. The van der Waals surface area contributed by atoms with E-state index in [9.17, 15) is 0 Å². The van der Waals surface area contributed by atoms with Gasteiger partial charge in [0.2, 0.25) is 0 Å². The smallest absolute Gasteiger partial charge is 0.157 e. The van der Waals surface area contributed by atoms with Crippen LogP contribution in [0.3, 0.4) is 0 Å². The van der Waals surface area contributed by atoms with Gasteiger partial charge in [0.05, 0.1) is 10.9 Å². The van der Waals surface area contributed by atoms with Crippen molar-refractivity contribution in [3.05, 3.63) is 21.5 Å². The summed E-state index contributed by atoms with van der Waals surface area (Å²) in [4.78, 5) is 2.89. The molecule has 2 aromatic rings. The second-order valence-corrected chi connectivity index (χ2v) is 7.46. The zero-order valence-corrected chi connectivity index (χ0v) is 13.7. The summed E-state index contributed by atoms with van der Waals surface area (Å²) in [6, 6.07) is 2.69. The molecule has 5 heteroatoms. The van der Waals surface area contributed by atoms with E-state index in [-0.39, 0.29) is 0 Å². The fraction of sp³-hybridized carbons (Fsp3) is 0.600. The third kappa shape index (κ3) is 2.80. The van der Waals surface area contributed by atoms with E-state index in [4.69, 9.17) is 0 Å². The third-order valence-electron chi connectivity index (χ3n) is 3.95. The molecule has 1 N–H and O–H groups in total. The quantitative estimate of drug-likeness (QED) is 0.860. The van der Waals surface area contributed by atoms with Gasteiger partial charge in [0, 0.05) is 4.88 Å². The molecule has 1 aliphatic carbocycles. The van der Waals surface area contributed by atoms with Crippen molar-refractivity contribution in [3.63, 3.8) is 0 Å². The first kappa shape index (κ1) is 14.2. The molecule has 2 heterocycles. The molecular weight excluding hydrogens is 286 g/mol. The Labute approximate surface area is 128 Å². The van der Waals surface area contributed by atoms with Gasteiger partial charge in [0.15, 0.2) is 5.01 Å². The number of nitrogens with zero attached hydrogens (tertiary/aromatic N) is 2. The highest BCUT2D eigenvalue weighted by Crippen LogP contribution is 2.37. The Kier molecular flexibility index (Phi) is 4.48. The number of aryl methyl sites for hydroxylation is 2. The van der Waals surface area contributed by atoms with Gasteiger partial charge in [-0.2, -0.15) is 0 Å². The van der Waals surface area contributed by atoms with Gasteiger partial charge in [0.1, 0.15) is 5.01 Å². The minimum absolute atomic E-state index is 0.332. The highest BCUT2D eigenvalue weighted by atomic mass is 32.1. The average Bonchev–Trinajstić information content (AvgIpc) is 3.03. The lowest BCUT2D eigenvalue weighted by molar-refractivity contribution is 0.568. The molecule has 3 rings (SSSR count). The van der Waals surface area contributed by atoms with E-state index < -0.39 is 0 Å². The second-order valence-electron chi connectivity index (χ2n) is 5.31. The molecule has 2 aromatic heterocycles. The van der Waals surface area contributed by atoms with Gasteiger partial charge in [-0.25, -0.2) is 0 Å². The standard InChI is InChI=1S/C15H21N3S2/c1-3-11(16-2)14-17-18-15(20-14)13-9-10-7-5-4-6-8-12(10)19-13/h9,11,16H,3-8H2,1-2H3. The molecule has 0 spiro atoms. The maximum atomic E-state index is 4.41. The van der Waals surface area contributed by atoms with Gasteiger partial charge >= 0.3 is 0 Å². The van der Waals surface area contributed by atoms with Crippen LogP contribution in [0, 0.1) is 0 Å². The molecular formula is C15H21N3S2. The Morgan fingerprint density at radius 1 is 1.20 bits per heavy atom. The molecule has 0 radical (unpaired) electrons. The monoisotopic (exact) mass is 307 g/mol. The highest BCUT2D eigenvalue weighted by Gasteiger charge is 2.18. The molecule has 0 amide bonds. The minimum atomic E-state index is 0.332. The van der Waals surface area contributed by atoms with E-state index in [1.165, 1.54) is 37.0 Å². The number of nitrogens with one attached hydrogen (secondary N) is 1. The molecule has 0 bridgehead atoms. The summed E-state index contributed by atoms with van der Waals surface area (Å²) in [5.74, 6) is 0. The number of rotatable bonds is 4. The van der Waals surface area contributed by atoms with Crippen LogP contribution >= 0.6 is 22.7 Å². The van der Waals surface area contributed by atoms with Crippen molar-refractivity contribution >= 4 is 22.7 Å². The molecule has 108 valence electrons. The van der Waals surface area contributed by atoms with Gasteiger partial charge in [-0.3, -0.25) is 0 Å². The normalized spacial score (nSPS) is 16.7. The molecule has 1 aliphatic rings. The predicted molar refractivity (Wildman–Crippen MR) is 86.6 cm³/mol. The van der Waals surface area contributed by atoms with Crippen LogP contribution in [0.5, 0.6) is 0 Å². The van der Waals surface area contributed by atoms with Crippen molar-refractivity contribution in [1.29, 1.82) is 0 Å². The van der Waals surface area contributed by atoms with Crippen LogP contribution in [0.2, 0.25) is 0 Å². The van der Waals surface area contributed by atoms with Crippen LogP contribution in [-0.4, -0.2) is 17.2 Å². The van der Waals surface area contributed by atoms with Crippen LogP contribution in [-0.2, 0) is 12.8 Å². The molecule has 3 nitrogen and oxygen atoms in total. The van der Waals surface area contributed by atoms with Crippen LogP contribution in [0.1, 0.15) is 54.1 Å². The summed E-state index contributed by atoms with van der Waals surface area (Å²) in [7, 11) is 1.99. The van der Waals surface area contributed by atoms with Crippen molar-refractivity contribution in [2.24, 2.45) is 0 Å². The maximum Gasteiger partial charge on any atom is 0.157 e. The van der Waals surface area contributed by atoms with E-state index in [2.05, 4.69) is 28.5 Å². The maximum absolute atomic E-state index is 4.41. The van der Waals surface area contributed by atoms with Gasteiger partial charge in [0.25, 0.3) is 0 Å². The third-order valence-corrected chi connectivity index (χ3v) is 6.40. The molecule has 1 unspecified atom stereocenters. The SMILES string of the molecule is CCC(NC)c1nnc(-c2cc3c(s2)CCCCC3)s1. The fourth-order valence-electron chi connectivity index (χ4n) is 2.75. The van der Waals surface area contributed by atoms with E-state index >= 15 is 0 Å². The Morgan fingerprint density at radius 3 is 2.85 bits per heavy atom. The molecule has 0 aromatic carbocycles. The van der Waals surface area contributed by atoms with Crippen molar-refractivity contribution < 1.29 is 0 Å². The van der Waals surface area contributed by atoms with Crippen molar-refractivity contribution in [1.82, 2.24) is 15.5 Å². The average molecular weight is 307 g/mol. The van der Waals surface area contributed by atoms with E-state index in [0.29, 0.717) is 6.04 Å². The van der Waals surface area contributed by atoms with Crippen molar-refractivity contribution in [2.45, 2.75) is 51.5 Å². The van der Waals surface area contributed by atoms with Gasteiger partial charge in [-0.1, -0.05) is 24.7 Å². The molecule has 0 fully saturated rings. The highest BCUT2D eigenvalue weighted by molar-refractivity contribution is 7.21. The Balaban J connectivity index is 1.86. The topological polar surface area (TPSA) is 37.8 Å². The summed E-state index contributed by atoms with van der Waals surface area (Å²) in [6.07, 6.45) is 7.59. The zero-order valence-electron chi connectivity index (χ0n) is 12.1. The number of hydrogen-bond acceptors (Lipinski definition) is 5. The van der Waals surface area contributed by atoms with Crippen LogP contribution in [0.4, 0.5) is 0 Å². The van der Waals surface area contributed by atoms with Crippen LogP contribution in [0.15, 0.2) is 6.07 Å². The largest absolute Gasteiger partial charge is 0.311 e. The summed E-state index contributed by atoms with van der Waals surface area (Å²) in [5, 5.41) is 14.3. The van der Waals surface area contributed by atoms with E-state index in [1.54, 1.807) is 21.8 Å². The minimum Gasteiger partial charge on any atom is -0.311 e. The fourth-order valence-corrected chi connectivity index (χ4v) is 5.08. The number of thiophene rings is 1. The Morgan fingerprint density at radius 2 is 2.05 bits per heavy atom. The number of aromatic nitrogens is 2. The first-order valence-electron chi connectivity index (χ1n) is 7.44. The van der Waals surface area contributed by atoms with Crippen molar-refractivity contribution in [3.8, 4) is 9.88 Å². The summed E-state index contributed by atoms with van der Waals surface area (Å²) >= 11 is 3.67. The number of fused-ring (bicyclic) bond motifs is 1. The van der Waals surface area contributed by atoms with E-state index in [0.717, 1.165) is 16.4 Å². The van der Waals surface area contributed by atoms with E-state index in [1.807, 2.05) is 18.4 Å². The van der Waals surface area contributed by atoms with Gasteiger partial charge in [-0.15, -0.1) is 21.5 Å². The van der Waals surface area contributed by atoms with Gasteiger partial charge < -0.3 is 5.32 Å². The first-order valence-corrected chi connectivity index (χ1v) is 9.07. The lowest BCUT2D eigenvalue weighted by atomic mass is 10.1. The summed E-state index contributed by atoms with van der Waals surface area (Å²) < 4.78 is 0. The second kappa shape index (κ2) is 6.33. The summed E-state index contributed by atoms with van der Waals surface area (Å²) in [6.45, 7) is 2.18. The predicted octanol–water partition coefficient (Wildman–Crippen LogP) is 4.21. The summed E-state index contributed by atoms with van der Waals surface area (Å²) in [5.41, 5.74) is 1.56. The molecule has 20 heavy (non-hydrogen) atoms. The Bertz CT molecular complexity index is 546.